The summed E-state index contributed by atoms with van der Waals surface area (Å²) in [4.78, 5) is 0. The Labute approximate surface area is 99.9 Å². The molecular weight excluding hydrogens is 226 g/mol. The summed E-state index contributed by atoms with van der Waals surface area (Å²) < 4.78 is 0. The number of rotatable bonds is 8. The molecule has 0 heterocycles. The summed E-state index contributed by atoms with van der Waals surface area (Å²) >= 11 is 0. The van der Waals surface area contributed by atoms with E-state index in [4.69, 9.17) is 26.3 Å². The Balaban J connectivity index is 2.49. The third kappa shape index (κ3) is 3.53. The second kappa shape index (κ2) is 5.63. The first kappa shape index (κ1) is 14.2. The predicted molar refractivity (Wildman–Crippen MR) is 61.7 cm³/mol. The topological polar surface area (TPSA) is 131 Å². The molecule has 0 atom stereocenters. The van der Waals surface area contributed by atoms with Crippen LogP contribution in [0, 0.1) is 5.41 Å². The van der Waals surface area contributed by atoms with E-state index < -0.39 is 5.54 Å². The van der Waals surface area contributed by atoms with Crippen molar-refractivity contribution in [3.05, 3.63) is 0 Å². The fourth-order valence-electron chi connectivity index (χ4n) is 1.71. The molecule has 1 saturated carbocycles. The van der Waals surface area contributed by atoms with Crippen LogP contribution < -0.4 is 11.1 Å². The van der Waals surface area contributed by atoms with Gasteiger partial charge in [-0.25, -0.2) is 0 Å². The molecule has 0 aromatic rings. The molecular formula is C10H21N3O4. The number of nitrogens with zero attached hydrogens (tertiary/aromatic N) is 1. The maximum absolute atomic E-state index is 9.15. The smallest absolute Gasteiger partial charge is 0.139 e. The molecule has 0 amide bonds. The van der Waals surface area contributed by atoms with Gasteiger partial charge in [-0.1, -0.05) is 5.16 Å². The lowest BCUT2D eigenvalue weighted by atomic mass is 9.97. The van der Waals surface area contributed by atoms with Crippen LogP contribution in [0.25, 0.3) is 0 Å². The Morgan fingerprint density at radius 2 is 1.76 bits per heavy atom. The highest BCUT2D eigenvalue weighted by Crippen LogP contribution is 2.48. The second-order valence-corrected chi connectivity index (χ2v) is 4.88. The van der Waals surface area contributed by atoms with Gasteiger partial charge in [-0.15, -0.1) is 0 Å². The molecule has 1 aliphatic rings. The highest BCUT2D eigenvalue weighted by molar-refractivity contribution is 5.80. The number of oxime groups is 1. The average molecular weight is 247 g/mol. The van der Waals surface area contributed by atoms with Gasteiger partial charge in [-0.2, -0.15) is 0 Å². The van der Waals surface area contributed by atoms with Crippen LogP contribution >= 0.6 is 0 Å². The van der Waals surface area contributed by atoms with Gasteiger partial charge < -0.3 is 31.6 Å². The SMILES string of the molecule is NC(CC1(CNC(CO)(CO)CO)CC1)=NO. The minimum atomic E-state index is -1.07. The van der Waals surface area contributed by atoms with E-state index in [-0.39, 0.29) is 31.1 Å². The number of aliphatic hydroxyl groups excluding tert-OH is 3. The molecule has 17 heavy (non-hydrogen) atoms. The highest BCUT2D eigenvalue weighted by Gasteiger charge is 2.44. The highest BCUT2D eigenvalue weighted by atomic mass is 16.4. The predicted octanol–water partition coefficient (Wildman–Crippen LogP) is -1.79. The summed E-state index contributed by atoms with van der Waals surface area (Å²) in [5, 5.41) is 41.9. The van der Waals surface area contributed by atoms with E-state index >= 15 is 0 Å². The summed E-state index contributed by atoms with van der Waals surface area (Å²) in [6.45, 7) is -0.538. The lowest BCUT2D eigenvalue weighted by molar-refractivity contribution is 0.0391. The monoisotopic (exact) mass is 247 g/mol. The van der Waals surface area contributed by atoms with E-state index in [0.717, 1.165) is 12.8 Å². The van der Waals surface area contributed by atoms with Gasteiger partial charge in [0.2, 0.25) is 0 Å². The van der Waals surface area contributed by atoms with Crippen LogP contribution in [-0.2, 0) is 0 Å². The quantitative estimate of drug-likeness (QED) is 0.130. The summed E-state index contributed by atoms with van der Waals surface area (Å²) in [6, 6.07) is 0. The lowest BCUT2D eigenvalue weighted by Gasteiger charge is -2.31. The Morgan fingerprint density at radius 1 is 1.24 bits per heavy atom. The molecule has 1 fully saturated rings. The molecule has 0 aliphatic heterocycles. The molecule has 0 unspecified atom stereocenters. The van der Waals surface area contributed by atoms with Gasteiger partial charge in [0.1, 0.15) is 5.84 Å². The maximum atomic E-state index is 9.15. The van der Waals surface area contributed by atoms with Crippen molar-refractivity contribution in [2.45, 2.75) is 24.8 Å². The van der Waals surface area contributed by atoms with Crippen LogP contribution in [0.5, 0.6) is 0 Å². The van der Waals surface area contributed by atoms with Crippen molar-refractivity contribution in [3.8, 4) is 0 Å². The number of nitrogens with one attached hydrogen (secondary N) is 1. The van der Waals surface area contributed by atoms with Crippen molar-refractivity contribution in [2.75, 3.05) is 26.4 Å². The van der Waals surface area contributed by atoms with Gasteiger partial charge >= 0.3 is 0 Å². The van der Waals surface area contributed by atoms with E-state index in [2.05, 4.69) is 10.5 Å². The number of hydrogen-bond acceptors (Lipinski definition) is 6. The van der Waals surface area contributed by atoms with Crippen LogP contribution in [0.15, 0.2) is 5.16 Å². The number of aliphatic hydroxyl groups is 3. The average Bonchev–Trinajstić information content (AvgIpc) is 3.12. The van der Waals surface area contributed by atoms with Crippen LogP contribution in [-0.4, -0.2) is 58.3 Å². The fourth-order valence-corrected chi connectivity index (χ4v) is 1.71. The number of nitrogens with two attached hydrogens (primary N) is 1. The van der Waals surface area contributed by atoms with Crippen molar-refractivity contribution in [3.63, 3.8) is 0 Å². The molecule has 1 aliphatic carbocycles. The first-order valence-electron chi connectivity index (χ1n) is 5.59. The zero-order valence-corrected chi connectivity index (χ0v) is 9.76. The van der Waals surface area contributed by atoms with Gasteiger partial charge in [0.25, 0.3) is 0 Å². The fraction of sp³-hybridized carbons (Fsp3) is 0.900. The normalized spacial score (nSPS) is 19.4. The first-order chi connectivity index (χ1) is 8.05. The number of amidine groups is 1. The third-order valence-corrected chi connectivity index (χ3v) is 3.39. The summed E-state index contributed by atoms with van der Waals surface area (Å²) in [5.74, 6) is 0.173. The Morgan fingerprint density at radius 3 is 2.12 bits per heavy atom. The van der Waals surface area contributed by atoms with Gasteiger partial charge in [0.05, 0.1) is 25.4 Å². The summed E-state index contributed by atoms with van der Waals surface area (Å²) in [7, 11) is 0. The zero-order valence-electron chi connectivity index (χ0n) is 9.76. The molecule has 0 aromatic carbocycles. The van der Waals surface area contributed by atoms with Crippen LogP contribution in [0.4, 0.5) is 0 Å². The maximum Gasteiger partial charge on any atom is 0.139 e. The summed E-state index contributed by atoms with van der Waals surface area (Å²) in [6.07, 6.45) is 2.35. The summed E-state index contributed by atoms with van der Waals surface area (Å²) in [5.41, 5.74) is 4.31. The molecule has 0 saturated heterocycles. The molecule has 0 spiro atoms. The van der Waals surface area contributed by atoms with Crippen LogP contribution in [0.3, 0.4) is 0 Å². The van der Waals surface area contributed by atoms with Crippen molar-refractivity contribution in [2.24, 2.45) is 16.3 Å². The minimum Gasteiger partial charge on any atom is -0.409 e. The van der Waals surface area contributed by atoms with Gasteiger partial charge in [0.15, 0.2) is 0 Å². The lowest BCUT2D eigenvalue weighted by Crippen LogP contribution is -2.56. The molecule has 1 rings (SSSR count). The van der Waals surface area contributed by atoms with Crippen molar-refractivity contribution < 1.29 is 20.5 Å². The second-order valence-electron chi connectivity index (χ2n) is 4.88. The van der Waals surface area contributed by atoms with Crippen molar-refractivity contribution in [1.82, 2.24) is 5.32 Å². The van der Waals surface area contributed by atoms with Crippen molar-refractivity contribution >= 4 is 5.84 Å². The molecule has 7 N–H and O–H groups in total. The van der Waals surface area contributed by atoms with Crippen LogP contribution in [0.2, 0.25) is 0 Å². The van der Waals surface area contributed by atoms with E-state index in [9.17, 15) is 0 Å². The Bertz CT molecular complexity index is 266. The van der Waals surface area contributed by atoms with E-state index in [1.807, 2.05) is 0 Å². The molecule has 0 bridgehead atoms. The molecule has 7 nitrogen and oxygen atoms in total. The molecule has 0 aromatic heterocycles. The third-order valence-electron chi connectivity index (χ3n) is 3.39. The van der Waals surface area contributed by atoms with E-state index in [0.29, 0.717) is 13.0 Å². The molecule has 0 radical (unpaired) electrons. The van der Waals surface area contributed by atoms with Gasteiger partial charge in [-0.05, 0) is 18.3 Å². The first-order valence-corrected chi connectivity index (χ1v) is 5.59. The zero-order chi connectivity index (χ0) is 12.9. The van der Waals surface area contributed by atoms with Crippen molar-refractivity contribution in [1.29, 1.82) is 0 Å². The Hall–Kier alpha value is -0.890. The van der Waals surface area contributed by atoms with Gasteiger partial charge in [0, 0.05) is 13.0 Å². The minimum absolute atomic E-state index is 0.0823. The van der Waals surface area contributed by atoms with E-state index in [1.54, 1.807) is 0 Å². The largest absolute Gasteiger partial charge is 0.409 e. The Kier molecular flexibility index (Phi) is 4.70. The van der Waals surface area contributed by atoms with Crippen LogP contribution in [0.1, 0.15) is 19.3 Å². The number of hydrogen-bond donors (Lipinski definition) is 6. The molecule has 100 valence electrons. The van der Waals surface area contributed by atoms with Gasteiger partial charge in [-0.3, -0.25) is 0 Å². The molecule has 7 heteroatoms. The van der Waals surface area contributed by atoms with E-state index in [1.165, 1.54) is 0 Å². The standard InChI is InChI=1S/C10H21N3O4/c11-8(13-17)3-9(1-2-9)4-12-10(5-14,6-15)7-16/h12,14-17H,1-7H2,(H2,11,13).